The number of benzene rings is 1. The summed E-state index contributed by atoms with van der Waals surface area (Å²) in [5.74, 6) is 0. The maximum atomic E-state index is 12.7. The summed E-state index contributed by atoms with van der Waals surface area (Å²) in [6.45, 7) is 5.48. The Balaban J connectivity index is 3.41. The fraction of sp³-hybridized carbons (Fsp3) is 0.417. The molecule has 4 heteroatoms. The minimum absolute atomic E-state index is 0.333. The largest absolute Gasteiger partial charge is 0.417 e. The van der Waals surface area contributed by atoms with Crippen molar-refractivity contribution in [1.29, 1.82) is 5.26 Å². The van der Waals surface area contributed by atoms with Gasteiger partial charge in [-0.2, -0.15) is 18.4 Å². The molecule has 0 saturated heterocycles. The van der Waals surface area contributed by atoms with Crippen LogP contribution in [0.4, 0.5) is 13.2 Å². The van der Waals surface area contributed by atoms with E-state index < -0.39 is 11.7 Å². The van der Waals surface area contributed by atoms with Gasteiger partial charge in [0, 0.05) is 0 Å². The number of alkyl halides is 3. The zero-order valence-electron chi connectivity index (χ0n) is 9.31. The molecule has 0 atom stereocenters. The SMILES string of the molecule is CC(C)(C)c1ccc(C#N)c(C(F)(F)F)c1. The van der Waals surface area contributed by atoms with Gasteiger partial charge in [0.05, 0.1) is 17.2 Å². The third-order valence-corrected chi connectivity index (χ3v) is 2.31. The van der Waals surface area contributed by atoms with Crippen LogP contribution >= 0.6 is 0 Å². The standard InChI is InChI=1S/C12H12F3N/c1-11(2,3)9-5-4-8(7-16)10(6-9)12(13,14)15/h4-6H,1-3H3. The molecule has 0 aromatic heterocycles. The van der Waals surface area contributed by atoms with E-state index in [2.05, 4.69) is 0 Å². The lowest BCUT2D eigenvalue weighted by atomic mass is 9.85. The normalized spacial score (nSPS) is 12.3. The van der Waals surface area contributed by atoms with Gasteiger partial charge in [0.15, 0.2) is 0 Å². The van der Waals surface area contributed by atoms with E-state index in [1.54, 1.807) is 12.1 Å². The number of hydrogen-bond acceptors (Lipinski definition) is 1. The first-order chi connectivity index (χ1) is 7.16. The van der Waals surface area contributed by atoms with Crippen molar-refractivity contribution in [3.63, 3.8) is 0 Å². The zero-order chi connectivity index (χ0) is 12.6. The predicted molar refractivity (Wildman–Crippen MR) is 54.9 cm³/mol. The molecule has 0 aliphatic carbocycles. The quantitative estimate of drug-likeness (QED) is 0.659. The summed E-state index contributed by atoms with van der Waals surface area (Å²) < 4.78 is 38.0. The second-order valence-electron chi connectivity index (χ2n) is 4.62. The van der Waals surface area contributed by atoms with E-state index in [0.717, 1.165) is 6.07 Å². The van der Waals surface area contributed by atoms with Crippen LogP contribution in [0.1, 0.15) is 37.5 Å². The number of nitrogens with zero attached hydrogens (tertiary/aromatic N) is 1. The minimum Gasteiger partial charge on any atom is -0.192 e. The second-order valence-corrected chi connectivity index (χ2v) is 4.62. The van der Waals surface area contributed by atoms with Gasteiger partial charge in [-0.1, -0.05) is 26.8 Å². The van der Waals surface area contributed by atoms with Crippen molar-refractivity contribution in [3.8, 4) is 6.07 Å². The lowest BCUT2D eigenvalue weighted by molar-refractivity contribution is -0.137. The van der Waals surface area contributed by atoms with Gasteiger partial charge in [-0.3, -0.25) is 0 Å². The minimum atomic E-state index is -4.48. The van der Waals surface area contributed by atoms with Gasteiger partial charge in [-0.05, 0) is 23.1 Å². The lowest BCUT2D eigenvalue weighted by Gasteiger charge is -2.21. The highest BCUT2D eigenvalue weighted by Gasteiger charge is 2.34. The highest BCUT2D eigenvalue weighted by Crippen LogP contribution is 2.34. The molecular weight excluding hydrogens is 215 g/mol. The van der Waals surface area contributed by atoms with Crippen LogP contribution < -0.4 is 0 Å². The maximum absolute atomic E-state index is 12.7. The van der Waals surface area contributed by atoms with E-state index in [1.165, 1.54) is 6.07 Å². The average Bonchev–Trinajstić information content (AvgIpc) is 2.14. The number of halogens is 3. The highest BCUT2D eigenvalue weighted by molar-refractivity contribution is 5.43. The van der Waals surface area contributed by atoms with Crippen LogP contribution in [0, 0.1) is 11.3 Å². The van der Waals surface area contributed by atoms with Crippen molar-refractivity contribution in [2.45, 2.75) is 32.4 Å². The van der Waals surface area contributed by atoms with Crippen LogP contribution in [0.5, 0.6) is 0 Å². The Labute approximate surface area is 92.5 Å². The molecule has 0 fully saturated rings. The molecule has 0 unspecified atom stereocenters. The van der Waals surface area contributed by atoms with Crippen molar-refractivity contribution >= 4 is 0 Å². The molecule has 1 aromatic carbocycles. The van der Waals surface area contributed by atoms with E-state index >= 15 is 0 Å². The first kappa shape index (κ1) is 12.6. The monoisotopic (exact) mass is 227 g/mol. The topological polar surface area (TPSA) is 23.8 Å². The molecule has 1 rings (SSSR count). The number of nitriles is 1. The Morgan fingerprint density at radius 1 is 1.12 bits per heavy atom. The van der Waals surface area contributed by atoms with Gasteiger partial charge in [0.2, 0.25) is 0 Å². The molecule has 16 heavy (non-hydrogen) atoms. The molecule has 1 aromatic rings. The fourth-order valence-corrected chi connectivity index (χ4v) is 1.34. The summed E-state index contributed by atoms with van der Waals surface area (Å²) in [6.07, 6.45) is -4.48. The molecule has 0 bridgehead atoms. The summed E-state index contributed by atoms with van der Waals surface area (Å²) in [6, 6.07) is 5.40. The molecule has 0 saturated carbocycles. The van der Waals surface area contributed by atoms with Crippen molar-refractivity contribution in [3.05, 3.63) is 34.9 Å². The smallest absolute Gasteiger partial charge is 0.192 e. The molecule has 0 amide bonds. The Hall–Kier alpha value is -1.50. The molecule has 0 aliphatic rings. The van der Waals surface area contributed by atoms with Crippen LogP contribution in [-0.4, -0.2) is 0 Å². The van der Waals surface area contributed by atoms with Gasteiger partial charge < -0.3 is 0 Å². The van der Waals surface area contributed by atoms with E-state index in [-0.39, 0.29) is 11.0 Å². The Bertz CT molecular complexity index is 433. The lowest BCUT2D eigenvalue weighted by Crippen LogP contribution is -2.15. The maximum Gasteiger partial charge on any atom is 0.417 e. The molecule has 0 spiro atoms. The molecule has 0 heterocycles. The summed E-state index contributed by atoms with van der Waals surface area (Å²) >= 11 is 0. The molecule has 0 radical (unpaired) electrons. The van der Waals surface area contributed by atoms with Gasteiger partial charge in [-0.15, -0.1) is 0 Å². The van der Waals surface area contributed by atoms with Crippen LogP contribution in [0.3, 0.4) is 0 Å². The van der Waals surface area contributed by atoms with Gasteiger partial charge in [0.1, 0.15) is 0 Å². The van der Waals surface area contributed by atoms with Gasteiger partial charge in [0.25, 0.3) is 0 Å². The molecule has 0 aliphatic heterocycles. The van der Waals surface area contributed by atoms with Crippen molar-refractivity contribution < 1.29 is 13.2 Å². The van der Waals surface area contributed by atoms with Gasteiger partial charge in [-0.25, -0.2) is 0 Å². The van der Waals surface area contributed by atoms with Crippen molar-refractivity contribution in [2.24, 2.45) is 0 Å². The Kier molecular flexibility index (Phi) is 3.00. The van der Waals surface area contributed by atoms with Crippen LogP contribution in [0.15, 0.2) is 18.2 Å². The van der Waals surface area contributed by atoms with Crippen LogP contribution in [0.25, 0.3) is 0 Å². The summed E-state index contributed by atoms with van der Waals surface area (Å²) in [4.78, 5) is 0. The van der Waals surface area contributed by atoms with E-state index in [0.29, 0.717) is 5.56 Å². The molecule has 0 N–H and O–H groups in total. The van der Waals surface area contributed by atoms with Crippen molar-refractivity contribution in [1.82, 2.24) is 0 Å². The summed E-state index contributed by atoms with van der Waals surface area (Å²) in [5.41, 5.74) is -0.990. The third kappa shape index (κ3) is 2.54. The third-order valence-electron chi connectivity index (χ3n) is 2.31. The molecule has 1 nitrogen and oxygen atoms in total. The van der Waals surface area contributed by atoms with E-state index in [4.69, 9.17) is 5.26 Å². The summed E-state index contributed by atoms with van der Waals surface area (Å²) in [7, 11) is 0. The fourth-order valence-electron chi connectivity index (χ4n) is 1.34. The average molecular weight is 227 g/mol. The zero-order valence-corrected chi connectivity index (χ0v) is 9.31. The highest BCUT2D eigenvalue weighted by atomic mass is 19.4. The summed E-state index contributed by atoms with van der Waals surface area (Å²) in [5, 5.41) is 8.63. The number of hydrogen-bond donors (Lipinski definition) is 0. The molecular formula is C12H12F3N. The second kappa shape index (κ2) is 3.82. The Morgan fingerprint density at radius 3 is 2.06 bits per heavy atom. The van der Waals surface area contributed by atoms with Gasteiger partial charge >= 0.3 is 6.18 Å². The number of rotatable bonds is 0. The van der Waals surface area contributed by atoms with Crippen molar-refractivity contribution in [2.75, 3.05) is 0 Å². The first-order valence-corrected chi connectivity index (χ1v) is 4.78. The van der Waals surface area contributed by atoms with E-state index in [9.17, 15) is 13.2 Å². The van der Waals surface area contributed by atoms with Crippen LogP contribution in [-0.2, 0) is 11.6 Å². The molecule has 86 valence electrons. The predicted octanol–water partition coefficient (Wildman–Crippen LogP) is 3.87. The Morgan fingerprint density at radius 2 is 1.69 bits per heavy atom. The first-order valence-electron chi connectivity index (χ1n) is 4.78. The van der Waals surface area contributed by atoms with Crippen LogP contribution in [0.2, 0.25) is 0 Å². The van der Waals surface area contributed by atoms with E-state index in [1.807, 2.05) is 20.8 Å².